The molecular formula is C31H31NO3. The minimum atomic E-state index is -0.185. The van der Waals surface area contributed by atoms with Crippen LogP contribution >= 0.6 is 0 Å². The number of hydrogen-bond donors (Lipinski definition) is 0. The summed E-state index contributed by atoms with van der Waals surface area (Å²) in [6, 6.07) is 25.4. The number of benzene rings is 3. The first-order valence-corrected chi connectivity index (χ1v) is 12.8. The van der Waals surface area contributed by atoms with Crippen molar-refractivity contribution < 1.29 is 14.3 Å². The molecule has 0 spiro atoms. The maximum atomic E-state index is 13.5. The Morgan fingerprint density at radius 1 is 0.886 bits per heavy atom. The second-order valence-corrected chi connectivity index (χ2v) is 9.69. The van der Waals surface area contributed by atoms with E-state index in [4.69, 9.17) is 9.47 Å². The van der Waals surface area contributed by atoms with Gasteiger partial charge in [-0.05, 0) is 66.5 Å². The van der Waals surface area contributed by atoms with Gasteiger partial charge in [-0.2, -0.15) is 0 Å². The molecule has 3 aromatic rings. The zero-order valence-electron chi connectivity index (χ0n) is 20.2. The Balaban J connectivity index is 1.22. The van der Waals surface area contributed by atoms with Crippen LogP contribution in [-0.4, -0.2) is 36.3 Å². The molecule has 1 saturated heterocycles. The van der Waals surface area contributed by atoms with Gasteiger partial charge in [-0.3, -0.25) is 4.90 Å². The summed E-state index contributed by atoms with van der Waals surface area (Å²) >= 11 is 0. The Hall–Kier alpha value is -3.53. The Morgan fingerprint density at radius 2 is 1.54 bits per heavy atom. The Labute approximate surface area is 207 Å². The van der Waals surface area contributed by atoms with E-state index in [-0.39, 0.29) is 24.1 Å². The van der Waals surface area contributed by atoms with E-state index in [2.05, 4.69) is 66.7 Å². The third-order valence-corrected chi connectivity index (χ3v) is 7.72. The molecule has 1 aliphatic carbocycles. The lowest BCUT2D eigenvalue weighted by Crippen LogP contribution is -2.51. The number of carbonyl (C=O) groups excluding carboxylic acids is 1. The van der Waals surface area contributed by atoms with E-state index in [1.165, 1.54) is 27.8 Å². The van der Waals surface area contributed by atoms with Crippen molar-refractivity contribution in [3.63, 3.8) is 0 Å². The monoisotopic (exact) mass is 465 g/mol. The maximum Gasteiger partial charge on any atom is 0.410 e. The van der Waals surface area contributed by atoms with Crippen molar-refractivity contribution in [3.05, 3.63) is 95.6 Å². The Morgan fingerprint density at radius 3 is 2.23 bits per heavy atom. The molecule has 0 aromatic heterocycles. The number of piperidine rings is 1. The van der Waals surface area contributed by atoms with Crippen molar-refractivity contribution in [1.29, 1.82) is 0 Å². The van der Waals surface area contributed by atoms with Crippen molar-refractivity contribution in [2.24, 2.45) is 0 Å². The number of hydrogen-bond acceptors (Lipinski definition) is 3. The zero-order valence-corrected chi connectivity index (χ0v) is 20.2. The van der Waals surface area contributed by atoms with Crippen LogP contribution in [0.25, 0.3) is 16.7 Å². The summed E-state index contributed by atoms with van der Waals surface area (Å²) in [5, 5.41) is 0. The normalized spacial score (nSPS) is 20.6. The van der Waals surface area contributed by atoms with Gasteiger partial charge in [-0.1, -0.05) is 72.8 Å². The average Bonchev–Trinajstić information content (AvgIpc) is 3.21. The maximum absolute atomic E-state index is 13.5. The molecule has 4 heteroatoms. The molecule has 2 unspecified atom stereocenters. The standard InChI is InChI=1S/C31H31NO3/c1-2-34-30-17-8-7-12-24(30)21-18-22-10-9-11-23(19-21)32(22)31(33)35-20-29-27-15-5-3-13-25(27)26-14-4-6-16-28(26)29/h3-8,12-18,22-23,29H,2,9-11,19-20H2,1H3. The minimum absolute atomic E-state index is 0.0721. The molecule has 2 heterocycles. The molecule has 2 atom stereocenters. The second kappa shape index (κ2) is 9.26. The summed E-state index contributed by atoms with van der Waals surface area (Å²) in [6.45, 7) is 3.02. The highest BCUT2D eigenvalue weighted by Crippen LogP contribution is 2.45. The first-order valence-electron chi connectivity index (χ1n) is 12.8. The van der Waals surface area contributed by atoms with Gasteiger partial charge < -0.3 is 9.47 Å². The number of carbonyl (C=O) groups is 1. The SMILES string of the molecule is CCOc1ccccc1C1=CC2CCCC(C1)N2C(=O)OCC1c2ccccc2-c2ccccc21. The molecule has 2 aliphatic heterocycles. The predicted molar refractivity (Wildman–Crippen MR) is 139 cm³/mol. The van der Waals surface area contributed by atoms with Crippen LogP contribution in [0.2, 0.25) is 0 Å². The molecule has 4 nitrogen and oxygen atoms in total. The fourth-order valence-corrected chi connectivity index (χ4v) is 6.20. The molecular weight excluding hydrogens is 434 g/mol. The highest BCUT2D eigenvalue weighted by Gasteiger charge is 2.39. The summed E-state index contributed by atoms with van der Waals surface area (Å²) in [5.74, 6) is 1.01. The predicted octanol–water partition coefficient (Wildman–Crippen LogP) is 7.04. The van der Waals surface area contributed by atoms with Crippen LogP contribution in [-0.2, 0) is 4.74 Å². The molecule has 0 saturated carbocycles. The van der Waals surface area contributed by atoms with E-state index in [1.54, 1.807) is 0 Å². The van der Waals surface area contributed by atoms with Gasteiger partial charge in [-0.15, -0.1) is 0 Å². The van der Waals surface area contributed by atoms with Gasteiger partial charge in [0.2, 0.25) is 0 Å². The Kier molecular flexibility index (Phi) is 5.81. The van der Waals surface area contributed by atoms with Crippen molar-refractivity contribution in [2.45, 2.75) is 50.6 Å². The summed E-state index contributed by atoms with van der Waals surface area (Å²) in [5.41, 5.74) is 7.43. The van der Waals surface area contributed by atoms with E-state index in [0.29, 0.717) is 13.2 Å². The summed E-state index contributed by atoms with van der Waals surface area (Å²) < 4.78 is 11.9. The fourth-order valence-electron chi connectivity index (χ4n) is 6.20. The van der Waals surface area contributed by atoms with Gasteiger partial charge in [0, 0.05) is 17.5 Å². The smallest absolute Gasteiger partial charge is 0.410 e. The van der Waals surface area contributed by atoms with Crippen LogP contribution in [0.5, 0.6) is 5.75 Å². The molecule has 3 aliphatic rings. The van der Waals surface area contributed by atoms with Gasteiger partial charge in [0.15, 0.2) is 0 Å². The third kappa shape index (κ3) is 3.91. The molecule has 3 aromatic carbocycles. The Bertz CT molecular complexity index is 1230. The first-order chi connectivity index (χ1) is 17.2. The van der Waals surface area contributed by atoms with Crippen molar-refractivity contribution in [3.8, 4) is 16.9 Å². The number of amides is 1. The van der Waals surface area contributed by atoms with Gasteiger partial charge in [-0.25, -0.2) is 4.79 Å². The molecule has 1 fully saturated rings. The van der Waals surface area contributed by atoms with Gasteiger partial charge in [0.25, 0.3) is 0 Å². The number of fused-ring (bicyclic) bond motifs is 5. The topological polar surface area (TPSA) is 38.8 Å². The molecule has 35 heavy (non-hydrogen) atoms. The molecule has 2 bridgehead atoms. The third-order valence-electron chi connectivity index (χ3n) is 7.72. The molecule has 1 amide bonds. The fraction of sp³-hybridized carbons (Fsp3) is 0.323. The van der Waals surface area contributed by atoms with Crippen LogP contribution in [0, 0.1) is 0 Å². The summed E-state index contributed by atoms with van der Waals surface area (Å²) in [4.78, 5) is 15.5. The number of rotatable bonds is 5. The van der Waals surface area contributed by atoms with Crippen molar-refractivity contribution >= 4 is 11.7 Å². The van der Waals surface area contributed by atoms with Crippen molar-refractivity contribution in [1.82, 2.24) is 4.90 Å². The van der Waals surface area contributed by atoms with E-state index in [1.807, 2.05) is 24.0 Å². The molecule has 178 valence electrons. The van der Waals surface area contributed by atoms with Crippen LogP contribution in [0.15, 0.2) is 78.9 Å². The average molecular weight is 466 g/mol. The minimum Gasteiger partial charge on any atom is -0.493 e. The lowest BCUT2D eigenvalue weighted by atomic mass is 9.83. The summed E-state index contributed by atoms with van der Waals surface area (Å²) in [6.07, 6.45) is 6.05. The van der Waals surface area contributed by atoms with E-state index in [0.717, 1.165) is 37.0 Å². The highest BCUT2D eigenvalue weighted by molar-refractivity contribution is 5.80. The van der Waals surface area contributed by atoms with Gasteiger partial charge >= 0.3 is 6.09 Å². The van der Waals surface area contributed by atoms with Gasteiger partial charge in [0.05, 0.1) is 12.6 Å². The van der Waals surface area contributed by atoms with Crippen LogP contribution < -0.4 is 4.74 Å². The molecule has 6 rings (SSSR count). The highest BCUT2D eigenvalue weighted by atomic mass is 16.6. The van der Waals surface area contributed by atoms with Crippen LogP contribution in [0.3, 0.4) is 0 Å². The van der Waals surface area contributed by atoms with Gasteiger partial charge in [0.1, 0.15) is 12.4 Å². The largest absolute Gasteiger partial charge is 0.493 e. The van der Waals surface area contributed by atoms with E-state index < -0.39 is 0 Å². The zero-order chi connectivity index (χ0) is 23.8. The van der Waals surface area contributed by atoms with Crippen LogP contribution in [0.1, 0.15) is 55.2 Å². The molecule has 0 radical (unpaired) electrons. The number of ether oxygens (including phenoxy) is 2. The lowest BCUT2D eigenvalue weighted by Gasteiger charge is -2.44. The number of para-hydroxylation sites is 1. The quantitative estimate of drug-likeness (QED) is 0.405. The first kappa shape index (κ1) is 22.0. The summed E-state index contributed by atoms with van der Waals surface area (Å²) in [7, 11) is 0. The van der Waals surface area contributed by atoms with E-state index >= 15 is 0 Å². The van der Waals surface area contributed by atoms with Crippen LogP contribution in [0.4, 0.5) is 4.79 Å². The van der Waals surface area contributed by atoms with Crippen molar-refractivity contribution in [2.75, 3.05) is 13.2 Å². The molecule has 0 N–H and O–H groups in total. The second-order valence-electron chi connectivity index (χ2n) is 9.69. The lowest BCUT2D eigenvalue weighted by molar-refractivity contribution is 0.0539. The van der Waals surface area contributed by atoms with E-state index in [9.17, 15) is 4.79 Å². The number of nitrogens with zero attached hydrogens (tertiary/aromatic N) is 1.